The van der Waals surface area contributed by atoms with Gasteiger partial charge < -0.3 is 9.09 Å². The van der Waals surface area contributed by atoms with Gasteiger partial charge in [-0.05, 0) is 13.3 Å². The molecular formula is C13H16ClN5O. The van der Waals surface area contributed by atoms with Crippen LogP contribution in [0.1, 0.15) is 36.5 Å². The molecule has 0 aliphatic rings. The van der Waals surface area contributed by atoms with Gasteiger partial charge in [0.25, 0.3) is 0 Å². The summed E-state index contributed by atoms with van der Waals surface area (Å²) in [5, 5.41) is 8.05. The maximum Gasteiger partial charge on any atom is 0.159 e. The van der Waals surface area contributed by atoms with Gasteiger partial charge in [-0.1, -0.05) is 12.1 Å². The molecule has 20 heavy (non-hydrogen) atoms. The molecule has 3 aromatic rings. The number of hydrogen-bond donors (Lipinski definition) is 0. The predicted octanol–water partition coefficient (Wildman–Crippen LogP) is 2.67. The Bertz CT molecular complexity index is 726. The second-order valence-electron chi connectivity index (χ2n) is 4.75. The van der Waals surface area contributed by atoms with Gasteiger partial charge >= 0.3 is 0 Å². The van der Waals surface area contributed by atoms with Crippen LogP contribution in [0.5, 0.6) is 0 Å². The lowest BCUT2D eigenvalue weighted by molar-refractivity contribution is 0.375. The van der Waals surface area contributed by atoms with Crippen LogP contribution in [0.15, 0.2) is 16.8 Å². The average Bonchev–Trinajstić information content (AvgIpc) is 3.08. The highest BCUT2D eigenvalue weighted by atomic mass is 35.5. The van der Waals surface area contributed by atoms with Crippen LogP contribution in [0.3, 0.4) is 0 Å². The number of halogens is 1. The number of aromatic nitrogens is 5. The molecule has 1 atom stereocenters. The first-order chi connectivity index (χ1) is 9.61. The van der Waals surface area contributed by atoms with Crippen molar-refractivity contribution < 1.29 is 4.52 Å². The van der Waals surface area contributed by atoms with Crippen LogP contribution >= 0.6 is 11.6 Å². The molecule has 0 aliphatic carbocycles. The van der Waals surface area contributed by atoms with Crippen LogP contribution in [0.25, 0.3) is 11.2 Å². The van der Waals surface area contributed by atoms with Crippen molar-refractivity contribution in [3.63, 3.8) is 0 Å². The highest BCUT2D eigenvalue weighted by Gasteiger charge is 2.21. The number of imidazole rings is 1. The van der Waals surface area contributed by atoms with Gasteiger partial charge in [0.2, 0.25) is 0 Å². The fourth-order valence-corrected chi connectivity index (χ4v) is 2.60. The lowest BCUT2D eigenvalue weighted by Gasteiger charge is -2.08. The van der Waals surface area contributed by atoms with Gasteiger partial charge in [-0.3, -0.25) is 4.68 Å². The number of hydrogen-bond acceptors (Lipinski definition) is 4. The van der Waals surface area contributed by atoms with Crippen LogP contribution in [0.4, 0.5) is 0 Å². The summed E-state index contributed by atoms with van der Waals surface area (Å²) in [4.78, 5) is 4.67. The number of rotatable bonds is 4. The third-order valence-electron chi connectivity index (χ3n) is 3.32. The minimum atomic E-state index is -0.185. The van der Waals surface area contributed by atoms with Gasteiger partial charge in [-0.25, -0.2) is 4.98 Å². The summed E-state index contributed by atoms with van der Waals surface area (Å²) >= 11 is 6.27. The Kier molecular flexibility index (Phi) is 3.25. The SMILES string of the molecule is CCc1nn(C)c2c1nc(C(C)Cl)n2Cc1ccno1. The normalized spacial score (nSPS) is 13.2. The van der Waals surface area contributed by atoms with Gasteiger partial charge in [-0.15, -0.1) is 11.6 Å². The van der Waals surface area contributed by atoms with Crippen molar-refractivity contribution in [1.29, 1.82) is 0 Å². The molecule has 1 unspecified atom stereocenters. The molecule has 0 saturated heterocycles. The summed E-state index contributed by atoms with van der Waals surface area (Å²) < 4.78 is 9.08. The summed E-state index contributed by atoms with van der Waals surface area (Å²) in [6.45, 7) is 4.53. The minimum absolute atomic E-state index is 0.185. The van der Waals surface area contributed by atoms with E-state index in [2.05, 4.69) is 22.2 Å². The minimum Gasteiger partial charge on any atom is -0.359 e. The lowest BCUT2D eigenvalue weighted by Crippen LogP contribution is -2.08. The summed E-state index contributed by atoms with van der Waals surface area (Å²) in [7, 11) is 1.92. The molecule has 0 saturated carbocycles. The van der Waals surface area contributed by atoms with E-state index in [1.807, 2.05) is 29.3 Å². The fourth-order valence-electron chi connectivity index (χ4n) is 2.44. The first-order valence-corrected chi connectivity index (χ1v) is 7.01. The maximum atomic E-state index is 6.27. The highest BCUT2D eigenvalue weighted by molar-refractivity contribution is 6.20. The highest BCUT2D eigenvalue weighted by Crippen LogP contribution is 2.27. The molecular weight excluding hydrogens is 278 g/mol. The molecule has 0 aromatic carbocycles. The van der Waals surface area contributed by atoms with Crippen molar-refractivity contribution >= 4 is 22.8 Å². The summed E-state index contributed by atoms with van der Waals surface area (Å²) in [6.07, 6.45) is 2.47. The van der Waals surface area contributed by atoms with Gasteiger partial charge in [-0.2, -0.15) is 5.10 Å². The number of fused-ring (bicyclic) bond motifs is 1. The number of aryl methyl sites for hydroxylation is 2. The van der Waals surface area contributed by atoms with Gasteiger partial charge in [0.05, 0.1) is 23.8 Å². The third kappa shape index (κ3) is 2.00. The second kappa shape index (κ2) is 4.94. The largest absolute Gasteiger partial charge is 0.359 e. The fraction of sp³-hybridized carbons (Fsp3) is 0.462. The quantitative estimate of drug-likeness (QED) is 0.694. The third-order valence-corrected chi connectivity index (χ3v) is 3.51. The van der Waals surface area contributed by atoms with Crippen molar-refractivity contribution in [2.75, 3.05) is 0 Å². The van der Waals surface area contributed by atoms with E-state index in [0.29, 0.717) is 6.54 Å². The van der Waals surface area contributed by atoms with Crippen molar-refractivity contribution in [3.8, 4) is 0 Å². The topological polar surface area (TPSA) is 61.7 Å². The van der Waals surface area contributed by atoms with Crippen molar-refractivity contribution in [3.05, 3.63) is 29.5 Å². The molecule has 0 radical (unpaired) electrons. The zero-order chi connectivity index (χ0) is 14.3. The van der Waals surface area contributed by atoms with E-state index >= 15 is 0 Å². The van der Waals surface area contributed by atoms with Crippen molar-refractivity contribution in [2.24, 2.45) is 7.05 Å². The molecule has 106 valence electrons. The van der Waals surface area contributed by atoms with E-state index in [4.69, 9.17) is 16.1 Å². The van der Waals surface area contributed by atoms with Gasteiger partial charge in [0.1, 0.15) is 11.3 Å². The molecule has 3 heterocycles. The van der Waals surface area contributed by atoms with Crippen LogP contribution in [0, 0.1) is 0 Å². The molecule has 0 amide bonds. The van der Waals surface area contributed by atoms with E-state index in [-0.39, 0.29) is 5.38 Å². The number of nitrogens with zero attached hydrogens (tertiary/aromatic N) is 5. The van der Waals surface area contributed by atoms with Crippen LogP contribution < -0.4 is 0 Å². The molecule has 0 aliphatic heterocycles. The molecule has 0 N–H and O–H groups in total. The molecule has 3 aromatic heterocycles. The molecule has 0 spiro atoms. The predicted molar refractivity (Wildman–Crippen MR) is 75.8 cm³/mol. The smallest absolute Gasteiger partial charge is 0.159 e. The Morgan fingerprint density at radius 3 is 2.85 bits per heavy atom. The molecule has 6 nitrogen and oxygen atoms in total. The van der Waals surface area contributed by atoms with E-state index in [0.717, 1.165) is 34.9 Å². The summed E-state index contributed by atoms with van der Waals surface area (Å²) in [5.74, 6) is 1.59. The van der Waals surface area contributed by atoms with E-state index in [9.17, 15) is 0 Å². The van der Waals surface area contributed by atoms with Crippen molar-refractivity contribution in [2.45, 2.75) is 32.2 Å². The van der Waals surface area contributed by atoms with Gasteiger partial charge in [0.15, 0.2) is 11.4 Å². The Balaban J connectivity index is 2.20. The Morgan fingerprint density at radius 2 is 2.25 bits per heavy atom. The van der Waals surface area contributed by atoms with Crippen LogP contribution in [-0.2, 0) is 20.0 Å². The standard InChI is InChI=1S/C13H16ClN5O/c1-4-10-11-13(18(3)17-10)19(12(16-11)8(2)14)7-9-5-6-15-20-9/h5-6,8H,4,7H2,1-3H3. The Hall–Kier alpha value is -1.82. The average molecular weight is 294 g/mol. The first-order valence-electron chi connectivity index (χ1n) is 6.57. The van der Waals surface area contributed by atoms with Crippen LogP contribution in [-0.4, -0.2) is 24.5 Å². The van der Waals surface area contributed by atoms with E-state index < -0.39 is 0 Å². The summed E-state index contributed by atoms with van der Waals surface area (Å²) in [5.41, 5.74) is 2.86. The number of alkyl halides is 1. The molecule has 0 fully saturated rings. The second-order valence-corrected chi connectivity index (χ2v) is 5.40. The van der Waals surface area contributed by atoms with Gasteiger partial charge in [0, 0.05) is 13.1 Å². The van der Waals surface area contributed by atoms with Crippen molar-refractivity contribution in [1.82, 2.24) is 24.5 Å². The monoisotopic (exact) mass is 293 g/mol. The van der Waals surface area contributed by atoms with Crippen LogP contribution in [0.2, 0.25) is 0 Å². The molecule has 0 bridgehead atoms. The van der Waals surface area contributed by atoms with E-state index in [1.165, 1.54) is 0 Å². The lowest BCUT2D eigenvalue weighted by atomic mass is 10.3. The molecule has 3 rings (SSSR count). The zero-order valence-corrected chi connectivity index (χ0v) is 12.4. The molecule has 7 heteroatoms. The maximum absolute atomic E-state index is 6.27. The summed E-state index contributed by atoms with van der Waals surface area (Å²) in [6, 6.07) is 1.84. The Labute approximate surface area is 121 Å². The van der Waals surface area contributed by atoms with E-state index in [1.54, 1.807) is 6.20 Å². The zero-order valence-electron chi connectivity index (χ0n) is 11.7. The first kappa shape index (κ1) is 13.2. The Morgan fingerprint density at radius 1 is 1.45 bits per heavy atom.